The number of fused-ring (bicyclic) bond motifs is 3. The minimum atomic E-state index is 0.746. The Morgan fingerprint density at radius 1 is 0.531 bits per heavy atom. The molecular weight excluding hydrogens is 599 g/mol. The van der Waals surface area contributed by atoms with Gasteiger partial charge < -0.3 is 5.32 Å². The lowest BCUT2D eigenvalue weighted by atomic mass is 9.92. The molecule has 0 bridgehead atoms. The third-order valence-electron chi connectivity index (χ3n) is 9.21. The molecule has 0 fully saturated rings. The van der Waals surface area contributed by atoms with E-state index in [1.54, 1.807) is 0 Å². The molecule has 4 aromatic carbocycles. The van der Waals surface area contributed by atoms with Gasteiger partial charge in [-0.2, -0.15) is 0 Å². The first kappa shape index (κ1) is 28.6. The van der Waals surface area contributed by atoms with E-state index in [1.807, 2.05) is 36.9 Å². The van der Waals surface area contributed by atoms with Gasteiger partial charge in [0.2, 0.25) is 0 Å². The fourth-order valence-corrected chi connectivity index (χ4v) is 6.81. The van der Waals surface area contributed by atoms with E-state index in [-0.39, 0.29) is 0 Å². The molecule has 232 valence electrons. The molecule has 0 unspecified atom stereocenters. The zero-order valence-corrected chi connectivity index (χ0v) is 26.7. The summed E-state index contributed by atoms with van der Waals surface area (Å²) in [6.45, 7) is 0.746. The number of hydrogen-bond donors (Lipinski definition) is 1. The average Bonchev–Trinajstić information content (AvgIpc) is 3.53. The van der Waals surface area contributed by atoms with E-state index in [4.69, 9.17) is 9.97 Å². The van der Waals surface area contributed by atoms with Crippen LogP contribution in [0.1, 0.15) is 11.3 Å². The van der Waals surface area contributed by atoms with Crippen LogP contribution in [0.5, 0.6) is 0 Å². The van der Waals surface area contributed by atoms with Crippen molar-refractivity contribution in [1.82, 2.24) is 24.8 Å². The number of para-hydroxylation sites is 1. The van der Waals surface area contributed by atoms with Crippen LogP contribution in [-0.2, 0) is 6.54 Å². The van der Waals surface area contributed by atoms with Crippen molar-refractivity contribution < 1.29 is 0 Å². The maximum atomic E-state index is 5.18. The molecule has 0 saturated carbocycles. The van der Waals surface area contributed by atoms with Gasteiger partial charge in [0.25, 0.3) is 0 Å². The van der Waals surface area contributed by atoms with Crippen molar-refractivity contribution in [1.29, 1.82) is 0 Å². The highest BCUT2D eigenvalue weighted by molar-refractivity contribution is 5.93. The molecule has 1 aliphatic heterocycles. The Labute approximate surface area is 284 Å². The number of hydrogen-bond acceptors (Lipinski definition) is 4. The molecule has 0 spiro atoms. The summed E-state index contributed by atoms with van der Waals surface area (Å²) in [6, 6.07) is 49.1. The van der Waals surface area contributed by atoms with Crippen molar-refractivity contribution >= 4 is 17.0 Å². The second-order valence-electron chi connectivity index (χ2n) is 12.2. The van der Waals surface area contributed by atoms with E-state index in [9.17, 15) is 0 Å². The van der Waals surface area contributed by atoms with Gasteiger partial charge in [-0.05, 0) is 106 Å². The van der Waals surface area contributed by atoms with Crippen LogP contribution in [0, 0.1) is 0 Å². The fraction of sp³-hybridized carbons (Fsp3) is 0.0227. The Morgan fingerprint density at radius 2 is 1.14 bits per heavy atom. The lowest BCUT2D eigenvalue weighted by molar-refractivity contribution is 0.795. The van der Waals surface area contributed by atoms with E-state index < -0.39 is 0 Å². The standard InChI is InChI=1S/C44H31N5/c1-3-9-30(10-4-1)34-23-35(31-11-5-2-6-12-31)25-36(24-34)37-26-40(32-17-20-45-21-18-32)48-41(27-37)33-15-16-44(47-28-33)49-42-14-8-7-13-38(42)39-19-22-46-29-43(39)49/h1-28,46H,29H2. The summed E-state index contributed by atoms with van der Waals surface area (Å²) >= 11 is 0. The molecule has 9 rings (SSSR count). The maximum absolute atomic E-state index is 5.18. The normalized spacial score (nSPS) is 12.1. The summed E-state index contributed by atoms with van der Waals surface area (Å²) < 4.78 is 2.26. The van der Waals surface area contributed by atoms with E-state index >= 15 is 0 Å². The summed E-state index contributed by atoms with van der Waals surface area (Å²) in [6.07, 6.45) is 9.75. The van der Waals surface area contributed by atoms with E-state index in [0.717, 1.165) is 51.5 Å². The summed E-state index contributed by atoms with van der Waals surface area (Å²) in [5.74, 6) is 0.881. The Hall–Kier alpha value is -6.59. The Bertz CT molecular complexity index is 2410. The van der Waals surface area contributed by atoms with Gasteiger partial charge >= 0.3 is 0 Å². The summed E-state index contributed by atoms with van der Waals surface area (Å²) in [4.78, 5) is 14.5. The molecule has 0 saturated heterocycles. The first-order valence-electron chi connectivity index (χ1n) is 16.5. The average molecular weight is 630 g/mol. The number of rotatable bonds is 6. The number of nitrogens with one attached hydrogen (secondary N) is 1. The van der Waals surface area contributed by atoms with Crippen molar-refractivity contribution in [2.45, 2.75) is 6.54 Å². The third-order valence-corrected chi connectivity index (χ3v) is 9.21. The molecule has 49 heavy (non-hydrogen) atoms. The molecule has 0 amide bonds. The van der Waals surface area contributed by atoms with Crippen LogP contribution < -0.4 is 5.32 Å². The second-order valence-corrected chi connectivity index (χ2v) is 12.2. The molecule has 0 atom stereocenters. The molecule has 5 nitrogen and oxygen atoms in total. The van der Waals surface area contributed by atoms with Gasteiger partial charge in [0.1, 0.15) is 5.82 Å². The fourth-order valence-electron chi connectivity index (χ4n) is 6.81. The number of nitrogens with zero attached hydrogens (tertiary/aromatic N) is 4. The minimum absolute atomic E-state index is 0.746. The highest BCUT2D eigenvalue weighted by atomic mass is 15.1. The Balaban J connectivity index is 1.19. The van der Waals surface area contributed by atoms with E-state index in [1.165, 1.54) is 38.9 Å². The molecule has 1 N–H and O–H groups in total. The molecular formula is C44H31N5. The molecule has 5 heterocycles. The number of aromatic nitrogens is 4. The van der Waals surface area contributed by atoms with Gasteiger partial charge in [-0.15, -0.1) is 0 Å². The smallest absolute Gasteiger partial charge is 0.137 e. The number of pyridine rings is 3. The predicted octanol–water partition coefficient (Wildman–Crippen LogP) is 10.2. The van der Waals surface area contributed by atoms with Gasteiger partial charge in [-0.3, -0.25) is 9.55 Å². The molecule has 0 radical (unpaired) electrons. The molecule has 5 heteroatoms. The van der Waals surface area contributed by atoms with Crippen LogP contribution in [-0.4, -0.2) is 19.5 Å². The highest BCUT2D eigenvalue weighted by Gasteiger charge is 2.19. The zero-order chi connectivity index (χ0) is 32.6. The first-order chi connectivity index (χ1) is 24.3. The largest absolute Gasteiger partial charge is 0.385 e. The summed E-state index contributed by atoms with van der Waals surface area (Å²) in [7, 11) is 0. The van der Waals surface area contributed by atoms with Gasteiger partial charge in [-0.1, -0.05) is 78.9 Å². The van der Waals surface area contributed by atoms with E-state index in [0.29, 0.717) is 0 Å². The van der Waals surface area contributed by atoms with Gasteiger partial charge in [0.15, 0.2) is 0 Å². The second kappa shape index (κ2) is 12.2. The third kappa shape index (κ3) is 5.37. The SMILES string of the molecule is C1=Cc2c(n(-c3ccc(-c4cc(-c5cc(-c6ccccc6)cc(-c6ccccc6)c5)cc(-c5ccncc5)n4)cn3)c3ccccc23)CN1. The van der Waals surface area contributed by atoms with Crippen LogP contribution in [0.3, 0.4) is 0 Å². The van der Waals surface area contributed by atoms with Gasteiger partial charge in [-0.25, -0.2) is 9.97 Å². The molecule has 4 aromatic heterocycles. The molecule has 0 aliphatic carbocycles. The van der Waals surface area contributed by atoms with Crippen molar-refractivity contribution in [3.05, 3.63) is 176 Å². The summed E-state index contributed by atoms with van der Waals surface area (Å²) in [5, 5.41) is 4.60. The van der Waals surface area contributed by atoms with Crippen LogP contribution in [0.2, 0.25) is 0 Å². The van der Waals surface area contributed by atoms with Gasteiger partial charge in [0.05, 0.1) is 29.1 Å². The highest BCUT2D eigenvalue weighted by Crippen LogP contribution is 2.37. The predicted molar refractivity (Wildman–Crippen MR) is 200 cm³/mol. The topological polar surface area (TPSA) is 55.6 Å². The molecule has 8 aromatic rings. The summed E-state index contributed by atoms with van der Waals surface area (Å²) in [5.41, 5.74) is 14.2. The lowest BCUT2D eigenvalue weighted by Gasteiger charge is -2.15. The van der Waals surface area contributed by atoms with Crippen molar-refractivity contribution in [2.75, 3.05) is 0 Å². The Kier molecular flexibility index (Phi) is 7.13. The lowest BCUT2D eigenvalue weighted by Crippen LogP contribution is -2.14. The number of benzene rings is 4. The maximum Gasteiger partial charge on any atom is 0.137 e. The Morgan fingerprint density at radius 3 is 1.82 bits per heavy atom. The zero-order valence-electron chi connectivity index (χ0n) is 26.7. The minimum Gasteiger partial charge on any atom is -0.385 e. The van der Waals surface area contributed by atoms with Crippen LogP contribution in [0.25, 0.3) is 78.7 Å². The van der Waals surface area contributed by atoms with Crippen LogP contribution in [0.15, 0.2) is 164 Å². The van der Waals surface area contributed by atoms with Crippen molar-refractivity contribution in [3.63, 3.8) is 0 Å². The molecule has 1 aliphatic rings. The van der Waals surface area contributed by atoms with Crippen molar-refractivity contribution in [3.8, 4) is 61.7 Å². The van der Waals surface area contributed by atoms with Crippen LogP contribution >= 0.6 is 0 Å². The quantitative estimate of drug-likeness (QED) is 0.199. The van der Waals surface area contributed by atoms with Crippen LogP contribution in [0.4, 0.5) is 0 Å². The van der Waals surface area contributed by atoms with Crippen molar-refractivity contribution in [2.24, 2.45) is 0 Å². The monoisotopic (exact) mass is 629 g/mol. The van der Waals surface area contributed by atoms with Gasteiger partial charge in [0, 0.05) is 40.7 Å². The first-order valence-corrected chi connectivity index (χ1v) is 16.5. The van der Waals surface area contributed by atoms with E-state index in [2.05, 4.69) is 148 Å².